The Morgan fingerprint density at radius 1 is 1.33 bits per heavy atom. The zero-order valence-corrected chi connectivity index (χ0v) is 10.7. The van der Waals surface area contributed by atoms with E-state index in [9.17, 15) is 8.42 Å². The Balaban J connectivity index is 3.29. The third kappa shape index (κ3) is 2.64. The highest BCUT2D eigenvalue weighted by molar-refractivity contribution is 7.89. The molecule has 0 saturated carbocycles. The van der Waals surface area contributed by atoms with E-state index in [1.165, 1.54) is 32.3 Å². The van der Waals surface area contributed by atoms with Crippen molar-refractivity contribution in [3.63, 3.8) is 0 Å². The first-order valence-electron chi connectivity index (χ1n) is 4.16. The molecule has 0 aromatic heterocycles. The number of halogens is 2. The molecule has 0 unspecified atom stereocenters. The standard InChI is InChI=1S/C9H11Cl2NO2S/c1-12(2)15(13,14)8-3-4-9(11)7(5-8)6-10/h3-5H,6H2,1-2H3. The second-order valence-electron chi connectivity index (χ2n) is 3.17. The van der Waals surface area contributed by atoms with E-state index in [1.807, 2.05) is 0 Å². The lowest BCUT2D eigenvalue weighted by Crippen LogP contribution is -2.22. The molecule has 0 bridgehead atoms. The summed E-state index contributed by atoms with van der Waals surface area (Å²) in [6.45, 7) is 0. The SMILES string of the molecule is CN(C)S(=O)(=O)c1ccc(Cl)c(CCl)c1. The maximum absolute atomic E-state index is 11.8. The highest BCUT2D eigenvalue weighted by Crippen LogP contribution is 2.23. The molecular weight excluding hydrogens is 257 g/mol. The molecule has 0 amide bonds. The maximum atomic E-state index is 11.8. The molecular formula is C9H11Cl2NO2S. The van der Waals surface area contributed by atoms with Crippen LogP contribution >= 0.6 is 23.2 Å². The molecule has 0 saturated heterocycles. The van der Waals surface area contributed by atoms with Gasteiger partial charge in [0.2, 0.25) is 10.0 Å². The molecule has 0 aliphatic rings. The van der Waals surface area contributed by atoms with Crippen LogP contribution in [-0.2, 0) is 15.9 Å². The van der Waals surface area contributed by atoms with Gasteiger partial charge in [0.15, 0.2) is 0 Å². The fourth-order valence-electron chi connectivity index (χ4n) is 1.02. The summed E-state index contributed by atoms with van der Waals surface area (Å²) in [5.41, 5.74) is 0.612. The number of alkyl halides is 1. The lowest BCUT2D eigenvalue weighted by molar-refractivity contribution is 0.520. The smallest absolute Gasteiger partial charge is 0.207 e. The quantitative estimate of drug-likeness (QED) is 0.789. The Morgan fingerprint density at radius 2 is 1.93 bits per heavy atom. The van der Waals surface area contributed by atoms with Gasteiger partial charge in [0.05, 0.1) is 4.90 Å². The van der Waals surface area contributed by atoms with E-state index in [0.29, 0.717) is 10.6 Å². The van der Waals surface area contributed by atoms with Gasteiger partial charge in [0, 0.05) is 25.0 Å². The Labute approximate surface area is 99.7 Å². The number of rotatable bonds is 3. The van der Waals surface area contributed by atoms with Crippen LogP contribution < -0.4 is 0 Å². The van der Waals surface area contributed by atoms with Crippen LogP contribution in [0, 0.1) is 0 Å². The Bertz CT molecular complexity index is 457. The van der Waals surface area contributed by atoms with Crippen LogP contribution in [0.15, 0.2) is 23.1 Å². The van der Waals surface area contributed by atoms with Gasteiger partial charge in [0.25, 0.3) is 0 Å². The first-order chi connectivity index (χ1) is 6.89. The van der Waals surface area contributed by atoms with Crippen molar-refractivity contribution in [2.75, 3.05) is 14.1 Å². The molecule has 0 atom stereocenters. The maximum Gasteiger partial charge on any atom is 0.242 e. The lowest BCUT2D eigenvalue weighted by atomic mass is 10.2. The topological polar surface area (TPSA) is 37.4 Å². The minimum Gasteiger partial charge on any atom is -0.207 e. The van der Waals surface area contributed by atoms with Crippen LogP contribution in [0.1, 0.15) is 5.56 Å². The molecule has 3 nitrogen and oxygen atoms in total. The van der Waals surface area contributed by atoms with Crippen molar-refractivity contribution in [1.82, 2.24) is 4.31 Å². The first kappa shape index (κ1) is 12.8. The number of hydrogen-bond donors (Lipinski definition) is 0. The Hall–Kier alpha value is -0.290. The molecule has 1 aromatic rings. The van der Waals surface area contributed by atoms with Crippen molar-refractivity contribution in [2.24, 2.45) is 0 Å². The van der Waals surface area contributed by atoms with Gasteiger partial charge in [-0.05, 0) is 23.8 Å². The summed E-state index contributed by atoms with van der Waals surface area (Å²) in [5, 5.41) is 0.475. The highest BCUT2D eigenvalue weighted by Gasteiger charge is 2.17. The van der Waals surface area contributed by atoms with Crippen molar-refractivity contribution < 1.29 is 8.42 Å². The summed E-state index contributed by atoms with van der Waals surface area (Å²) < 4.78 is 24.6. The first-order valence-corrected chi connectivity index (χ1v) is 6.51. The molecule has 1 aromatic carbocycles. The van der Waals surface area contributed by atoms with Gasteiger partial charge in [-0.3, -0.25) is 0 Å². The van der Waals surface area contributed by atoms with Gasteiger partial charge < -0.3 is 0 Å². The number of hydrogen-bond acceptors (Lipinski definition) is 2. The van der Waals surface area contributed by atoms with Crippen molar-refractivity contribution in [2.45, 2.75) is 10.8 Å². The van der Waals surface area contributed by atoms with Crippen LogP contribution in [-0.4, -0.2) is 26.8 Å². The molecule has 0 heterocycles. The summed E-state index contributed by atoms with van der Waals surface area (Å²) in [6.07, 6.45) is 0. The average Bonchev–Trinajstić information content (AvgIpc) is 2.18. The van der Waals surface area contributed by atoms with Gasteiger partial charge in [-0.1, -0.05) is 11.6 Å². The van der Waals surface area contributed by atoms with Gasteiger partial charge in [-0.25, -0.2) is 12.7 Å². The zero-order valence-electron chi connectivity index (χ0n) is 8.37. The molecule has 0 aliphatic heterocycles. The average molecular weight is 268 g/mol. The molecule has 0 radical (unpaired) electrons. The lowest BCUT2D eigenvalue weighted by Gasteiger charge is -2.12. The van der Waals surface area contributed by atoms with Gasteiger partial charge >= 0.3 is 0 Å². The Kier molecular flexibility index (Phi) is 4.00. The van der Waals surface area contributed by atoms with Crippen LogP contribution in [0.3, 0.4) is 0 Å². The third-order valence-electron chi connectivity index (χ3n) is 1.94. The highest BCUT2D eigenvalue weighted by atomic mass is 35.5. The van der Waals surface area contributed by atoms with Gasteiger partial charge in [0.1, 0.15) is 0 Å². The third-order valence-corrected chi connectivity index (χ3v) is 4.41. The molecule has 6 heteroatoms. The largest absolute Gasteiger partial charge is 0.242 e. The van der Waals surface area contributed by atoms with E-state index >= 15 is 0 Å². The van der Waals surface area contributed by atoms with E-state index in [2.05, 4.69) is 0 Å². The van der Waals surface area contributed by atoms with E-state index < -0.39 is 10.0 Å². The van der Waals surface area contributed by atoms with Crippen molar-refractivity contribution in [1.29, 1.82) is 0 Å². The predicted molar refractivity (Wildman–Crippen MR) is 61.9 cm³/mol. The molecule has 1 rings (SSSR count). The summed E-state index contributed by atoms with van der Waals surface area (Å²) in [6, 6.07) is 4.49. The summed E-state index contributed by atoms with van der Waals surface area (Å²) in [7, 11) is -0.457. The molecule has 0 fully saturated rings. The van der Waals surface area contributed by atoms with Crippen LogP contribution in [0.4, 0.5) is 0 Å². The van der Waals surface area contributed by atoms with Crippen molar-refractivity contribution in [3.05, 3.63) is 28.8 Å². The monoisotopic (exact) mass is 267 g/mol. The van der Waals surface area contributed by atoms with E-state index in [-0.39, 0.29) is 10.8 Å². The second-order valence-corrected chi connectivity index (χ2v) is 6.00. The van der Waals surface area contributed by atoms with E-state index in [4.69, 9.17) is 23.2 Å². The fourth-order valence-corrected chi connectivity index (χ4v) is 2.45. The second kappa shape index (κ2) is 4.70. The van der Waals surface area contributed by atoms with Gasteiger partial charge in [-0.15, -0.1) is 11.6 Å². The predicted octanol–water partition coefficient (Wildman–Crippen LogP) is 2.33. The molecule has 15 heavy (non-hydrogen) atoms. The molecule has 0 N–H and O–H groups in total. The van der Waals surface area contributed by atoms with E-state index in [1.54, 1.807) is 0 Å². The summed E-state index contributed by atoms with van der Waals surface area (Å²) in [4.78, 5) is 0.201. The van der Waals surface area contributed by atoms with Gasteiger partial charge in [-0.2, -0.15) is 0 Å². The zero-order chi connectivity index (χ0) is 11.6. The fraction of sp³-hybridized carbons (Fsp3) is 0.333. The molecule has 84 valence electrons. The van der Waals surface area contributed by atoms with Crippen LogP contribution in [0.2, 0.25) is 5.02 Å². The minimum absolute atomic E-state index is 0.190. The summed E-state index contributed by atoms with van der Waals surface area (Å²) in [5.74, 6) is 0.190. The van der Waals surface area contributed by atoms with Crippen LogP contribution in [0.5, 0.6) is 0 Å². The minimum atomic E-state index is -3.41. The summed E-state index contributed by atoms with van der Waals surface area (Å²) >= 11 is 11.5. The number of benzene rings is 1. The number of nitrogens with zero attached hydrogens (tertiary/aromatic N) is 1. The van der Waals surface area contributed by atoms with Crippen molar-refractivity contribution in [3.8, 4) is 0 Å². The molecule has 0 aliphatic carbocycles. The van der Waals surface area contributed by atoms with E-state index in [0.717, 1.165) is 4.31 Å². The Morgan fingerprint density at radius 3 is 2.40 bits per heavy atom. The van der Waals surface area contributed by atoms with Crippen LogP contribution in [0.25, 0.3) is 0 Å². The number of sulfonamides is 1. The van der Waals surface area contributed by atoms with Crippen molar-refractivity contribution >= 4 is 33.2 Å². The molecule has 0 spiro atoms. The normalized spacial score (nSPS) is 12.1.